The lowest BCUT2D eigenvalue weighted by Crippen LogP contribution is -2.22. The van der Waals surface area contributed by atoms with E-state index in [2.05, 4.69) is 10.1 Å². The molecule has 0 radical (unpaired) electrons. The maximum atomic E-state index is 13.1. The highest BCUT2D eigenvalue weighted by Gasteiger charge is 2.32. The average molecular weight is 399 g/mol. The van der Waals surface area contributed by atoms with Crippen LogP contribution in [0.1, 0.15) is 66.2 Å². The minimum Gasteiger partial charge on any atom is -0.451 e. The fraction of sp³-hybridized carbons (Fsp3) is 0.476. The Kier molecular flexibility index (Phi) is 5.62. The number of nitrogens with zero attached hydrogens (tertiary/aromatic N) is 4. The largest absolute Gasteiger partial charge is 0.451 e. The Labute approximate surface area is 169 Å². The Morgan fingerprint density at radius 2 is 2.00 bits per heavy atom. The van der Waals surface area contributed by atoms with Crippen LogP contribution < -0.4 is 0 Å². The molecule has 1 atom stereocenters. The van der Waals surface area contributed by atoms with Crippen molar-refractivity contribution in [2.24, 2.45) is 13.0 Å². The van der Waals surface area contributed by atoms with Gasteiger partial charge in [0.1, 0.15) is 16.7 Å². The van der Waals surface area contributed by atoms with Gasteiger partial charge in [0.2, 0.25) is 0 Å². The van der Waals surface area contributed by atoms with Gasteiger partial charge in [0.25, 0.3) is 0 Å². The topological polar surface area (TPSA) is 61.9 Å². The summed E-state index contributed by atoms with van der Waals surface area (Å²) in [7, 11) is 1.89. The molecule has 1 aliphatic rings. The third-order valence-corrected chi connectivity index (χ3v) is 6.46. The Bertz CT molecular complexity index is 922. The summed E-state index contributed by atoms with van der Waals surface area (Å²) in [6, 6.07) is 5.86. The van der Waals surface area contributed by atoms with Crippen LogP contribution in [0.4, 0.5) is 0 Å². The number of thiazole rings is 1. The first-order valence-electron chi connectivity index (χ1n) is 9.99. The highest BCUT2D eigenvalue weighted by Crippen LogP contribution is 2.37. The van der Waals surface area contributed by atoms with Crippen LogP contribution in [0, 0.1) is 5.92 Å². The van der Waals surface area contributed by atoms with E-state index in [9.17, 15) is 4.79 Å². The van der Waals surface area contributed by atoms with Crippen molar-refractivity contribution in [3.63, 3.8) is 0 Å². The van der Waals surface area contributed by atoms with Gasteiger partial charge in [-0.3, -0.25) is 4.68 Å². The van der Waals surface area contributed by atoms with Crippen LogP contribution in [0.2, 0.25) is 0 Å². The van der Waals surface area contributed by atoms with E-state index in [4.69, 9.17) is 4.74 Å². The zero-order valence-corrected chi connectivity index (χ0v) is 17.2. The molecule has 1 fully saturated rings. The van der Waals surface area contributed by atoms with Gasteiger partial charge in [-0.1, -0.05) is 37.5 Å². The number of carbonyl (C=O) groups is 1. The summed E-state index contributed by atoms with van der Waals surface area (Å²) in [5.74, 6) is 0.0449. The molecule has 0 saturated heterocycles. The molecule has 0 spiro atoms. The quantitative estimate of drug-likeness (QED) is 0.564. The number of esters is 1. The molecule has 148 valence electrons. The number of aryl methyl sites for hydroxylation is 2. The summed E-state index contributed by atoms with van der Waals surface area (Å²) in [6.45, 7) is 2.02. The van der Waals surface area contributed by atoms with E-state index in [-0.39, 0.29) is 12.1 Å². The standard InChI is InChI=1S/C21H26N4O2S/c1-3-16-19(28-21(22-16)25-12-7-8-13-25)20(26)27-18(15-9-5-4-6-10-15)17-11-14-24(2)23-17/h7-8,11-15,18H,3-6,9-10H2,1-2H3. The predicted octanol–water partition coefficient (Wildman–Crippen LogP) is 4.71. The fourth-order valence-corrected chi connectivity index (χ4v) is 4.90. The van der Waals surface area contributed by atoms with Gasteiger partial charge < -0.3 is 9.30 Å². The number of hydrogen-bond donors (Lipinski definition) is 0. The molecule has 1 unspecified atom stereocenters. The molecule has 1 saturated carbocycles. The molecule has 0 aromatic carbocycles. The molecule has 28 heavy (non-hydrogen) atoms. The summed E-state index contributed by atoms with van der Waals surface area (Å²) in [5, 5.41) is 5.34. The molecule has 1 aliphatic carbocycles. The van der Waals surface area contributed by atoms with Crippen LogP contribution in [0.5, 0.6) is 0 Å². The number of aromatic nitrogens is 4. The fourth-order valence-electron chi connectivity index (χ4n) is 3.90. The zero-order valence-electron chi connectivity index (χ0n) is 16.4. The highest BCUT2D eigenvalue weighted by molar-refractivity contribution is 7.16. The normalized spacial score (nSPS) is 16.2. The van der Waals surface area contributed by atoms with E-state index < -0.39 is 0 Å². The molecule has 0 N–H and O–H groups in total. The van der Waals surface area contributed by atoms with Crippen LogP contribution in [0.15, 0.2) is 36.8 Å². The van der Waals surface area contributed by atoms with Crippen molar-refractivity contribution >= 4 is 17.3 Å². The molecule has 3 aromatic heterocycles. The smallest absolute Gasteiger partial charge is 0.351 e. The Balaban J connectivity index is 1.60. The van der Waals surface area contributed by atoms with Crippen molar-refractivity contribution < 1.29 is 9.53 Å². The molecule has 0 aliphatic heterocycles. The third kappa shape index (κ3) is 3.90. The summed E-state index contributed by atoms with van der Waals surface area (Å²) in [6.07, 6.45) is 12.0. The summed E-state index contributed by atoms with van der Waals surface area (Å²) in [5.41, 5.74) is 1.64. The first-order valence-corrected chi connectivity index (χ1v) is 10.8. The number of rotatable bonds is 6. The van der Waals surface area contributed by atoms with Gasteiger partial charge in [-0.15, -0.1) is 0 Å². The van der Waals surface area contributed by atoms with E-state index in [1.165, 1.54) is 30.6 Å². The molecule has 3 aromatic rings. The molecule has 0 amide bonds. The van der Waals surface area contributed by atoms with E-state index in [1.54, 1.807) is 4.68 Å². The molecule has 4 rings (SSSR count). The number of carbonyl (C=O) groups excluding carboxylic acids is 1. The minimum atomic E-state index is -0.296. The van der Waals surface area contributed by atoms with E-state index in [0.717, 1.165) is 29.4 Å². The van der Waals surface area contributed by atoms with Crippen LogP contribution in [0.25, 0.3) is 5.13 Å². The summed E-state index contributed by atoms with van der Waals surface area (Å²) >= 11 is 1.39. The lowest BCUT2D eigenvalue weighted by atomic mass is 9.84. The second-order valence-electron chi connectivity index (χ2n) is 7.35. The van der Waals surface area contributed by atoms with Gasteiger partial charge in [-0.25, -0.2) is 9.78 Å². The molecule has 0 bridgehead atoms. The van der Waals surface area contributed by atoms with Gasteiger partial charge in [0.05, 0.1) is 5.69 Å². The Hall–Kier alpha value is -2.41. The predicted molar refractivity (Wildman–Crippen MR) is 109 cm³/mol. The second-order valence-corrected chi connectivity index (χ2v) is 8.33. The number of hydrogen-bond acceptors (Lipinski definition) is 5. The van der Waals surface area contributed by atoms with Crippen LogP contribution >= 0.6 is 11.3 Å². The Morgan fingerprint density at radius 3 is 2.64 bits per heavy atom. The van der Waals surface area contributed by atoms with E-state index >= 15 is 0 Å². The minimum absolute atomic E-state index is 0.283. The average Bonchev–Trinajstić information content (AvgIpc) is 3.46. The maximum Gasteiger partial charge on any atom is 0.351 e. The third-order valence-electron chi connectivity index (χ3n) is 5.37. The van der Waals surface area contributed by atoms with E-state index in [1.807, 2.05) is 55.3 Å². The molecular weight excluding hydrogens is 372 g/mol. The second kappa shape index (κ2) is 8.31. The molecule has 3 heterocycles. The first kappa shape index (κ1) is 18.9. The first-order chi connectivity index (χ1) is 13.7. The van der Waals surface area contributed by atoms with Crippen molar-refractivity contribution in [3.8, 4) is 5.13 Å². The molecule has 6 nitrogen and oxygen atoms in total. The van der Waals surface area contributed by atoms with Gasteiger partial charge >= 0.3 is 5.97 Å². The van der Waals surface area contributed by atoms with Crippen molar-refractivity contribution in [1.82, 2.24) is 19.3 Å². The number of ether oxygens (including phenoxy) is 1. The van der Waals surface area contributed by atoms with Crippen LogP contribution in [-0.4, -0.2) is 25.3 Å². The lowest BCUT2D eigenvalue weighted by Gasteiger charge is -2.28. The van der Waals surface area contributed by atoms with Gasteiger partial charge in [0.15, 0.2) is 5.13 Å². The highest BCUT2D eigenvalue weighted by atomic mass is 32.1. The van der Waals surface area contributed by atoms with Gasteiger partial charge in [0, 0.05) is 31.6 Å². The van der Waals surface area contributed by atoms with E-state index in [0.29, 0.717) is 17.2 Å². The van der Waals surface area contributed by atoms with Crippen molar-refractivity contribution in [2.45, 2.75) is 51.6 Å². The molecular formula is C21H26N4O2S. The van der Waals surface area contributed by atoms with Crippen molar-refractivity contribution in [3.05, 3.63) is 53.1 Å². The summed E-state index contributed by atoms with van der Waals surface area (Å²) < 4.78 is 9.79. The van der Waals surface area contributed by atoms with Crippen LogP contribution in [-0.2, 0) is 18.2 Å². The van der Waals surface area contributed by atoms with Gasteiger partial charge in [-0.2, -0.15) is 5.10 Å². The zero-order chi connectivity index (χ0) is 19.5. The van der Waals surface area contributed by atoms with Crippen LogP contribution in [0.3, 0.4) is 0 Å². The monoisotopic (exact) mass is 398 g/mol. The Morgan fingerprint density at radius 1 is 1.25 bits per heavy atom. The summed E-state index contributed by atoms with van der Waals surface area (Å²) in [4.78, 5) is 18.4. The SMILES string of the molecule is CCc1nc(-n2cccc2)sc1C(=O)OC(c1ccn(C)n1)C1CCCCC1. The van der Waals surface area contributed by atoms with Crippen molar-refractivity contribution in [2.75, 3.05) is 0 Å². The molecule has 7 heteroatoms. The maximum absolute atomic E-state index is 13.1. The van der Waals surface area contributed by atoms with Gasteiger partial charge in [-0.05, 0) is 37.5 Å². The lowest BCUT2D eigenvalue weighted by molar-refractivity contribution is 0.00542. The van der Waals surface area contributed by atoms with Crippen molar-refractivity contribution in [1.29, 1.82) is 0 Å².